The number of nitrogens with one attached hydrogen (secondary N) is 1. The van der Waals surface area contributed by atoms with Crippen LogP contribution in [-0.4, -0.2) is 74.2 Å². The third-order valence-electron chi connectivity index (χ3n) is 10.7. The van der Waals surface area contributed by atoms with Gasteiger partial charge in [0.15, 0.2) is 5.82 Å². The number of pyridine rings is 1. The molecule has 0 spiro atoms. The van der Waals surface area contributed by atoms with Gasteiger partial charge in [-0.15, -0.1) is 0 Å². The number of fused-ring (bicyclic) bond motifs is 2. The van der Waals surface area contributed by atoms with E-state index in [1.807, 2.05) is 73.1 Å². The van der Waals surface area contributed by atoms with E-state index >= 15 is 0 Å². The predicted molar refractivity (Wildman–Crippen MR) is 189 cm³/mol. The highest BCUT2D eigenvalue weighted by molar-refractivity contribution is 6.00. The molecule has 2 amide bonds. The number of amides is 2. The summed E-state index contributed by atoms with van der Waals surface area (Å²) in [4.78, 5) is 37.6. The van der Waals surface area contributed by atoms with Gasteiger partial charge >= 0.3 is 0 Å². The van der Waals surface area contributed by atoms with Gasteiger partial charge in [-0.1, -0.05) is 30.3 Å². The number of rotatable bonds is 9. The Hall–Kier alpha value is -4.74. The lowest BCUT2D eigenvalue weighted by Crippen LogP contribution is -2.55. The van der Waals surface area contributed by atoms with Gasteiger partial charge in [-0.2, -0.15) is 0 Å². The summed E-state index contributed by atoms with van der Waals surface area (Å²) in [5.41, 5.74) is 11.5. The molecule has 2 saturated carbocycles. The number of hydrazine groups is 1. The topological polar surface area (TPSA) is 124 Å². The highest BCUT2D eigenvalue weighted by Crippen LogP contribution is 2.48. The van der Waals surface area contributed by atoms with Gasteiger partial charge in [0, 0.05) is 44.2 Å². The van der Waals surface area contributed by atoms with Crippen LogP contribution in [0.15, 0.2) is 60.7 Å². The summed E-state index contributed by atoms with van der Waals surface area (Å²) in [5, 5.41) is 7.94. The number of hydrogen-bond donors (Lipinski definition) is 2. The lowest BCUT2D eigenvalue weighted by molar-refractivity contribution is -0.124. The summed E-state index contributed by atoms with van der Waals surface area (Å²) < 4.78 is 10.2. The molecule has 254 valence electrons. The molecule has 3 fully saturated rings. The molecule has 11 heteroatoms. The van der Waals surface area contributed by atoms with Crippen LogP contribution in [0.25, 0.3) is 33.6 Å². The molecule has 1 aliphatic heterocycles. The first-order valence-corrected chi connectivity index (χ1v) is 17.4. The summed E-state index contributed by atoms with van der Waals surface area (Å²) in [5.74, 6) is 1.88. The van der Waals surface area contributed by atoms with E-state index in [-0.39, 0.29) is 23.9 Å². The Morgan fingerprint density at radius 1 is 1.04 bits per heavy atom. The van der Waals surface area contributed by atoms with Gasteiger partial charge in [-0.25, -0.2) is 15.0 Å². The van der Waals surface area contributed by atoms with Crippen LogP contribution >= 0.6 is 0 Å². The Kier molecular flexibility index (Phi) is 7.72. The van der Waals surface area contributed by atoms with Crippen molar-refractivity contribution >= 4 is 33.9 Å². The zero-order chi connectivity index (χ0) is 34.0. The standard InChI is InChI=1S/C38H44N8O3/c1-23(40-37(48)38(15-16-38)27-8-6-5-7-9-27)29-13-12-25-19-31(45(34(25)41-29)21-24-10-11-24)35-42-30-18-26(20-32(49-4)33(30)44(35)3)36(47)46-22-28(39)14-17-43(46)2/h5-9,12-13,18-20,23-24,28H,10-11,14-17,21-22,39H2,1-4H3,(H,40,48)/t23-,28-/m1/s1. The molecule has 0 radical (unpaired) electrons. The normalized spacial score (nSPS) is 19.7. The molecule has 0 unspecified atom stereocenters. The maximum Gasteiger partial charge on any atom is 0.268 e. The first-order valence-electron chi connectivity index (χ1n) is 17.4. The molecule has 3 aromatic heterocycles. The summed E-state index contributed by atoms with van der Waals surface area (Å²) in [6, 6.07) is 19.7. The van der Waals surface area contributed by atoms with E-state index in [9.17, 15) is 9.59 Å². The van der Waals surface area contributed by atoms with E-state index in [0.29, 0.717) is 29.3 Å². The molecular weight excluding hydrogens is 616 g/mol. The Morgan fingerprint density at radius 3 is 2.53 bits per heavy atom. The second-order valence-corrected chi connectivity index (χ2v) is 14.2. The number of methoxy groups -OCH3 is 1. The van der Waals surface area contributed by atoms with Crippen molar-refractivity contribution in [3.8, 4) is 17.3 Å². The highest BCUT2D eigenvalue weighted by Gasteiger charge is 2.51. The largest absolute Gasteiger partial charge is 0.494 e. The quantitative estimate of drug-likeness (QED) is 0.230. The molecule has 49 heavy (non-hydrogen) atoms. The SMILES string of the molecule is COc1cc(C(=O)N2C[C@H](N)CCN2C)cc2nc(-c3cc4ccc([C@@H](C)NC(=O)C5(c6ccccc6)CC5)nc4n3CC3CC3)n(C)c12. The van der Waals surface area contributed by atoms with Crippen LogP contribution in [0, 0.1) is 5.92 Å². The molecule has 3 N–H and O–H groups in total. The summed E-state index contributed by atoms with van der Waals surface area (Å²) in [6.07, 6.45) is 4.93. The second kappa shape index (κ2) is 12.0. The smallest absolute Gasteiger partial charge is 0.268 e. The molecule has 5 aromatic rings. The van der Waals surface area contributed by atoms with Crippen molar-refractivity contribution in [3.63, 3.8) is 0 Å². The molecule has 0 bridgehead atoms. The minimum Gasteiger partial charge on any atom is -0.494 e. The Balaban J connectivity index is 1.15. The van der Waals surface area contributed by atoms with Crippen LogP contribution in [0.3, 0.4) is 0 Å². The minimum atomic E-state index is -0.443. The van der Waals surface area contributed by atoms with Gasteiger partial charge in [0.05, 0.1) is 42.0 Å². The van der Waals surface area contributed by atoms with Crippen molar-refractivity contribution in [1.29, 1.82) is 0 Å². The average molecular weight is 661 g/mol. The van der Waals surface area contributed by atoms with Crippen molar-refractivity contribution in [2.45, 2.75) is 63.1 Å². The van der Waals surface area contributed by atoms with Crippen LogP contribution in [0.2, 0.25) is 0 Å². The molecule has 4 heterocycles. The monoisotopic (exact) mass is 660 g/mol. The zero-order valence-electron chi connectivity index (χ0n) is 28.6. The van der Waals surface area contributed by atoms with Gasteiger partial charge < -0.3 is 24.9 Å². The fraction of sp³-hybridized carbons (Fsp3) is 0.421. The molecule has 2 aliphatic carbocycles. The molecule has 1 saturated heterocycles. The van der Waals surface area contributed by atoms with Gasteiger partial charge in [0.2, 0.25) is 5.91 Å². The number of carbonyl (C=O) groups excluding carboxylic acids is 2. The van der Waals surface area contributed by atoms with Crippen molar-refractivity contribution in [2.24, 2.45) is 18.7 Å². The third kappa shape index (κ3) is 5.54. The molecule has 3 aliphatic rings. The summed E-state index contributed by atoms with van der Waals surface area (Å²) in [6.45, 7) is 4.03. The van der Waals surface area contributed by atoms with Crippen LogP contribution in [0.1, 0.15) is 66.7 Å². The highest BCUT2D eigenvalue weighted by atomic mass is 16.5. The van der Waals surface area contributed by atoms with E-state index in [1.165, 1.54) is 12.8 Å². The van der Waals surface area contributed by atoms with Gasteiger partial charge in [0.25, 0.3) is 5.91 Å². The van der Waals surface area contributed by atoms with Crippen LogP contribution < -0.4 is 15.8 Å². The van der Waals surface area contributed by atoms with E-state index in [0.717, 1.165) is 71.7 Å². The van der Waals surface area contributed by atoms with Crippen molar-refractivity contribution in [2.75, 3.05) is 27.2 Å². The van der Waals surface area contributed by atoms with Crippen LogP contribution in [0.4, 0.5) is 0 Å². The number of nitrogens with zero attached hydrogens (tertiary/aromatic N) is 6. The molecule has 2 aromatic carbocycles. The number of carbonyl (C=O) groups is 2. The van der Waals surface area contributed by atoms with Crippen LogP contribution in [-0.2, 0) is 23.8 Å². The lowest BCUT2D eigenvalue weighted by atomic mass is 9.94. The Morgan fingerprint density at radius 2 is 1.82 bits per heavy atom. The first kappa shape index (κ1) is 31.5. The lowest BCUT2D eigenvalue weighted by Gasteiger charge is -2.38. The van der Waals surface area contributed by atoms with Gasteiger partial charge in [-0.3, -0.25) is 14.6 Å². The van der Waals surface area contributed by atoms with Crippen molar-refractivity contribution in [3.05, 3.63) is 77.5 Å². The fourth-order valence-corrected chi connectivity index (χ4v) is 7.38. The number of benzene rings is 2. The number of aryl methyl sites for hydroxylation is 1. The maximum absolute atomic E-state index is 13.7. The zero-order valence-corrected chi connectivity index (χ0v) is 28.6. The number of aromatic nitrogens is 4. The van der Waals surface area contributed by atoms with Crippen molar-refractivity contribution in [1.82, 2.24) is 34.4 Å². The van der Waals surface area contributed by atoms with Gasteiger partial charge in [0.1, 0.15) is 16.9 Å². The Bertz CT molecular complexity index is 2080. The van der Waals surface area contributed by atoms with E-state index in [1.54, 1.807) is 18.2 Å². The second-order valence-electron chi connectivity index (χ2n) is 14.2. The predicted octanol–water partition coefficient (Wildman–Crippen LogP) is 4.94. The first-order chi connectivity index (χ1) is 23.7. The summed E-state index contributed by atoms with van der Waals surface area (Å²) in [7, 11) is 5.53. The molecular formula is C38H44N8O3. The van der Waals surface area contributed by atoms with Crippen LogP contribution in [0.5, 0.6) is 5.75 Å². The van der Waals surface area contributed by atoms with Gasteiger partial charge in [-0.05, 0) is 80.8 Å². The fourth-order valence-electron chi connectivity index (χ4n) is 7.38. The number of nitrogens with two attached hydrogens (primary N) is 1. The van der Waals surface area contributed by atoms with E-state index in [2.05, 4.69) is 22.0 Å². The number of ether oxygens (including phenoxy) is 1. The average Bonchev–Trinajstić information content (AvgIpc) is 4.04. The minimum absolute atomic E-state index is 0.0573. The maximum atomic E-state index is 13.7. The van der Waals surface area contributed by atoms with E-state index in [4.69, 9.17) is 20.4 Å². The Labute approximate surface area is 286 Å². The molecule has 11 nitrogen and oxygen atoms in total. The summed E-state index contributed by atoms with van der Waals surface area (Å²) >= 11 is 0. The van der Waals surface area contributed by atoms with E-state index < -0.39 is 5.41 Å². The van der Waals surface area contributed by atoms with Crippen molar-refractivity contribution < 1.29 is 14.3 Å². The third-order valence-corrected chi connectivity index (χ3v) is 10.7. The number of hydrogen-bond acceptors (Lipinski definition) is 7. The molecule has 8 rings (SSSR count). The number of imidazole rings is 1. The molecule has 2 atom stereocenters.